The molecule has 116 valence electrons. The molecule has 0 fully saturated rings. The summed E-state index contributed by atoms with van der Waals surface area (Å²) < 4.78 is 0. The van der Waals surface area contributed by atoms with Gasteiger partial charge in [-0.15, -0.1) is 0 Å². The molecule has 2 aromatic rings. The Morgan fingerprint density at radius 1 is 1.00 bits per heavy atom. The number of hydrogen-bond donors (Lipinski definition) is 0. The molecular formula is C19H18N2O2. The van der Waals surface area contributed by atoms with E-state index in [1.54, 1.807) is 4.90 Å². The van der Waals surface area contributed by atoms with Crippen molar-refractivity contribution in [1.82, 2.24) is 4.90 Å². The average Bonchev–Trinajstić information content (AvgIpc) is 2.90. The Labute approximate surface area is 135 Å². The highest BCUT2D eigenvalue weighted by molar-refractivity contribution is 6.03. The van der Waals surface area contributed by atoms with Gasteiger partial charge in [-0.3, -0.25) is 9.59 Å². The Morgan fingerprint density at radius 2 is 1.74 bits per heavy atom. The summed E-state index contributed by atoms with van der Waals surface area (Å²) in [5, 5.41) is 0. The van der Waals surface area contributed by atoms with Gasteiger partial charge in [-0.2, -0.15) is 0 Å². The summed E-state index contributed by atoms with van der Waals surface area (Å²) >= 11 is 0. The van der Waals surface area contributed by atoms with Crippen molar-refractivity contribution in [3.05, 3.63) is 65.2 Å². The Hall–Kier alpha value is -2.62. The number of amides is 2. The van der Waals surface area contributed by atoms with Gasteiger partial charge in [0, 0.05) is 24.3 Å². The molecule has 0 saturated heterocycles. The fraction of sp³-hybridized carbons (Fsp3) is 0.263. The lowest BCUT2D eigenvalue weighted by Gasteiger charge is -2.30. The molecule has 0 unspecified atom stereocenters. The standard InChI is InChI=1S/C19H18N2O2/c22-18(21-11-5-8-14-6-2-4-10-17(14)21)13-20-12-15-7-1-3-9-16(15)19(20)23/h1-4,6-7,9-10H,5,8,11-13H2. The van der Waals surface area contributed by atoms with E-state index in [-0.39, 0.29) is 18.4 Å². The first-order valence-corrected chi connectivity index (χ1v) is 7.99. The lowest BCUT2D eigenvalue weighted by molar-refractivity contribution is -0.119. The number of carbonyl (C=O) groups excluding carboxylic acids is 2. The molecule has 0 atom stereocenters. The van der Waals surface area contributed by atoms with Gasteiger partial charge in [-0.05, 0) is 36.1 Å². The van der Waals surface area contributed by atoms with Gasteiger partial charge in [-0.1, -0.05) is 36.4 Å². The zero-order valence-electron chi connectivity index (χ0n) is 12.9. The summed E-state index contributed by atoms with van der Waals surface area (Å²) in [5.74, 6) is -0.0439. The van der Waals surface area contributed by atoms with Crippen molar-refractivity contribution >= 4 is 17.5 Å². The summed E-state index contributed by atoms with van der Waals surface area (Å²) in [6, 6.07) is 15.6. The highest BCUT2D eigenvalue weighted by atomic mass is 16.2. The Balaban J connectivity index is 1.53. The van der Waals surface area contributed by atoms with Crippen LogP contribution in [0.2, 0.25) is 0 Å². The SMILES string of the molecule is O=C1c2ccccc2CN1CC(=O)N1CCCc2ccccc21. The molecule has 2 aromatic carbocycles. The number of anilines is 1. The zero-order valence-corrected chi connectivity index (χ0v) is 12.9. The summed E-state index contributed by atoms with van der Waals surface area (Å²) in [6.45, 7) is 1.39. The minimum Gasteiger partial charge on any atom is -0.325 e. The number of aryl methyl sites for hydroxylation is 1. The number of para-hydroxylation sites is 1. The van der Waals surface area contributed by atoms with Crippen LogP contribution < -0.4 is 4.90 Å². The van der Waals surface area contributed by atoms with Gasteiger partial charge in [0.15, 0.2) is 0 Å². The lowest BCUT2D eigenvalue weighted by Crippen LogP contribution is -2.42. The van der Waals surface area contributed by atoms with Crippen LogP contribution in [0.25, 0.3) is 0 Å². The van der Waals surface area contributed by atoms with Crippen LogP contribution in [0, 0.1) is 0 Å². The Bertz CT molecular complexity index is 784. The van der Waals surface area contributed by atoms with E-state index in [1.807, 2.05) is 47.4 Å². The van der Waals surface area contributed by atoms with Crippen molar-refractivity contribution in [2.24, 2.45) is 0 Å². The summed E-state index contributed by atoms with van der Waals surface area (Å²) in [7, 11) is 0. The van der Waals surface area contributed by atoms with E-state index in [2.05, 4.69) is 6.07 Å². The molecule has 23 heavy (non-hydrogen) atoms. The molecule has 4 rings (SSSR count). The summed E-state index contributed by atoms with van der Waals surface area (Å²) in [5.41, 5.74) is 3.93. The van der Waals surface area contributed by atoms with E-state index < -0.39 is 0 Å². The molecular weight excluding hydrogens is 288 g/mol. The number of benzene rings is 2. The summed E-state index contributed by atoms with van der Waals surface area (Å²) in [4.78, 5) is 28.6. The highest BCUT2D eigenvalue weighted by Gasteiger charge is 2.31. The zero-order chi connectivity index (χ0) is 15.8. The van der Waals surface area contributed by atoms with Crippen molar-refractivity contribution in [1.29, 1.82) is 0 Å². The number of carbonyl (C=O) groups is 2. The molecule has 2 amide bonds. The van der Waals surface area contributed by atoms with Crippen molar-refractivity contribution < 1.29 is 9.59 Å². The van der Waals surface area contributed by atoms with Crippen LogP contribution in [-0.2, 0) is 17.8 Å². The maximum absolute atomic E-state index is 12.7. The van der Waals surface area contributed by atoms with E-state index in [0.29, 0.717) is 6.54 Å². The van der Waals surface area contributed by atoms with Crippen molar-refractivity contribution in [2.45, 2.75) is 19.4 Å². The van der Waals surface area contributed by atoms with Gasteiger partial charge >= 0.3 is 0 Å². The monoisotopic (exact) mass is 306 g/mol. The first-order chi connectivity index (χ1) is 11.2. The molecule has 0 aromatic heterocycles. The molecule has 4 heteroatoms. The first-order valence-electron chi connectivity index (χ1n) is 7.99. The molecule has 4 nitrogen and oxygen atoms in total. The second kappa shape index (κ2) is 5.54. The Kier molecular flexibility index (Phi) is 3.37. The maximum atomic E-state index is 12.7. The molecule has 2 aliphatic heterocycles. The maximum Gasteiger partial charge on any atom is 0.254 e. The van der Waals surface area contributed by atoms with E-state index >= 15 is 0 Å². The van der Waals surface area contributed by atoms with E-state index in [4.69, 9.17) is 0 Å². The van der Waals surface area contributed by atoms with Crippen LogP contribution in [0.3, 0.4) is 0 Å². The van der Waals surface area contributed by atoms with Crippen LogP contribution in [0.4, 0.5) is 5.69 Å². The van der Waals surface area contributed by atoms with E-state index in [9.17, 15) is 9.59 Å². The molecule has 0 radical (unpaired) electrons. The molecule has 0 saturated carbocycles. The van der Waals surface area contributed by atoms with Crippen LogP contribution >= 0.6 is 0 Å². The van der Waals surface area contributed by atoms with Crippen molar-refractivity contribution in [2.75, 3.05) is 18.0 Å². The van der Waals surface area contributed by atoms with Gasteiger partial charge in [0.2, 0.25) is 5.91 Å². The molecule has 0 N–H and O–H groups in total. The van der Waals surface area contributed by atoms with Crippen LogP contribution in [0.15, 0.2) is 48.5 Å². The van der Waals surface area contributed by atoms with E-state index in [1.165, 1.54) is 5.56 Å². The predicted molar refractivity (Wildman–Crippen MR) is 88.3 cm³/mol. The third kappa shape index (κ3) is 2.40. The average molecular weight is 306 g/mol. The molecule has 2 aliphatic rings. The highest BCUT2D eigenvalue weighted by Crippen LogP contribution is 2.28. The Morgan fingerprint density at radius 3 is 2.57 bits per heavy atom. The topological polar surface area (TPSA) is 40.6 Å². The number of hydrogen-bond acceptors (Lipinski definition) is 2. The normalized spacial score (nSPS) is 16.3. The quantitative estimate of drug-likeness (QED) is 0.856. The van der Waals surface area contributed by atoms with Crippen molar-refractivity contribution in [3.63, 3.8) is 0 Å². The van der Waals surface area contributed by atoms with Gasteiger partial charge in [0.25, 0.3) is 5.91 Å². The predicted octanol–water partition coefficient (Wildman–Crippen LogP) is 2.62. The largest absolute Gasteiger partial charge is 0.325 e. The number of nitrogens with zero attached hydrogens (tertiary/aromatic N) is 2. The minimum atomic E-state index is -0.0424. The second-order valence-electron chi connectivity index (χ2n) is 6.10. The first kappa shape index (κ1) is 14.0. The van der Waals surface area contributed by atoms with Crippen LogP contribution in [0.5, 0.6) is 0 Å². The third-order valence-corrected chi connectivity index (χ3v) is 4.63. The third-order valence-electron chi connectivity index (χ3n) is 4.63. The minimum absolute atomic E-state index is 0.00157. The van der Waals surface area contributed by atoms with Crippen LogP contribution in [0.1, 0.15) is 27.9 Å². The van der Waals surface area contributed by atoms with Gasteiger partial charge in [-0.25, -0.2) is 0 Å². The van der Waals surface area contributed by atoms with E-state index in [0.717, 1.165) is 36.2 Å². The van der Waals surface area contributed by atoms with Crippen molar-refractivity contribution in [3.8, 4) is 0 Å². The molecule has 2 heterocycles. The van der Waals surface area contributed by atoms with Gasteiger partial charge in [0.1, 0.15) is 6.54 Å². The lowest BCUT2D eigenvalue weighted by atomic mass is 10.0. The smallest absolute Gasteiger partial charge is 0.254 e. The van der Waals surface area contributed by atoms with Gasteiger partial charge in [0.05, 0.1) is 0 Å². The molecule has 0 bridgehead atoms. The molecule has 0 spiro atoms. The van der Waals surface area contributed by atoms with Crippen LogP contribution in [-0.4, -0.2) is 29.8 Å². The fourth-order valence-electron chi connectivity index (χ4n) is 3.48. The fourth-order valence-corrected chi connectivity index (χ4v) is 3.48. The second-order valence-corrected chi connectivity index (χ2v) is 6.10. The number of fused-ring (bicyclic) bond motifs is 2. The number of rotatable bonds is 2. The molecule has 0 aliphatic carbocycles. The summed E-state index contributed by atoms with van der Waals surface area (Å²) in [6.07, 6.45) is 1.98. The van der Waals surface area contributed by atoms with Gasteiger partial charge < -0.3 is 9.80 Å².